The predicted octanol–water partition coefficient (Wildman–Crippen LogP) is 2.81. The molecule has 0 amide bonds. The lowest BCUT2D eigenvalue weighted by molar-refractivity contribution is 0.280. The van der Waals surface area contributed by atoms with Crippen LogP contribution >= 0.6 is 11.6 Å². The highest BCUT2D eigenvalue weighted by Gasteiger charge is 2.25. The quantitative estimate of drug-likeness (QED) is 0.869. The average Bonchev–Trinajstić information content (AvgIpc) is 2.22. The second kappa shape index (κ2) is 5.15. The van der Waals surface area contributed by atoms with Gasteiger partial charge in [0.1, 0.15) is 5.75 Å². The Kier molecular flexibility index (Phi) is 3.79. The first-order valence-corrected chi connectivity index (χ1v) is 6.31. The van der Waals surface area contributed by atoms with E-state index in [1.165, 1.54) is 0 Å². The maximum Gasteiger partial charge on any atom is 0.144 e. The van der Waals surface area contributed by atoms with E-state index in [4.69, 9.17) is 22.1 Å². The van der Waals surface area contributed by atoms with E-state index in [1.807, 2.05) is 19.1 Å². The van der Waals surface area contributed by atoms with Crippen molar-refractivity contribution < 1.29 is 4.74 Å². The maximum absolute atomic E-state index is 6.05. The maximum atomic E-state index is 6.05. The number of nitrogens with one attached hydrogen (secondary N) is 1. The number of aryl methyl sites for hydroxylation is 1. The van der Waals surface area contributed by atoms with Gasteiger partial charge in [-0.1, -0.05) is 11.6 Å². The number of benzene rings is 1. The van der Waals surface area contributed by atoms with E-state index in [0.29, 0.717) is 12.0 Å². The van der Waals surface area contributed by atoms with Gasteiger partial charge in [0, 0.05) is 17.6 Å². The molecule has 1 fully saturated rings. The van der Waals surface area contributed by atoms with Crippen LogP contribution in [0.3, 0.4) is 0 Å². The Morgan fingerprint density at radius 3 is 2.76 bits per heavy atom. The summed E-state index contributed by atoms with van der Waals surface area (Å²) in [5, 5.41) is 4.14. The summed E-state index contributed by atoms with van der Waals surface area (Å²) in [6, 6.07) is 4.21. The average molecular weight is 255 g/mol. The van der Waals surface area contributed by atoms with E-state index >= 15 is 0 Å². The molecule has 0 heterocycles. The standard InChI is InChI=1S/C13H19ClN2O/c1-8-3-10(14)6-12(13(8)17-2)16-7-9-4-11(15)5-9/h3,6,9,11,16H,4-5,7,15H2,1-2H3. The zero-order valence-corrected chi connectivity index (χ0v) is 11.1. The van der Waals surface area contributed by atoms with Crippen molar-refractivity contribution in [3.05, 3.63) is 22.7 Å². The number of halogens is 1. The van der Waals surface area contributed by atoms with Crippen molar-refractivity contribution in [1.29, 1.82) is 0 Å². The molecular formula is C13H19ClN2O. The van der Waals surface area contributed by atoms with Crippen LogP contribution in [-0.2, 0) is 0 Å². The molecule has 0 aromatic heterocycles. The van der Waals surface area contributed by atoms with Crippen molar-refractivity contribution in [2.45, 2.75) is 25.8 Å². The van der Waals surface area contributed by atoms with Crippen LogP contribution in [0.25, 0.3) is 0 Å². The summed E-state index contributed by atoms with van der Waals surface area (Å²) in [7, 11) is 1.68. The van der Waals surface area contributed by atoms with Gasteiger partial charge in [0.05, 0.1) is 12.8 Å². The highest BCUT2D eigenvalue weighted by Crippen LogP contribution is 2.33. The lowest BCUT2D eigenvalue weighted by Crippen LogP contribution is -2.39. The minimum atomic E-state index is 0.393. The third kappa shape index (κ3) is 2.85. The number of anilines is 1. The fourth-order valence-corrected chi connectivity index (χ4v) is 2.61. The molecule has 3 N–H and O–H groups in total. The highest BCUT2D eigenvalue weighted by atomic mass is 35.5. The van der Waals surface area contributed by atoms with Crippen LogP contribution in [-0.4, -0.2) is 19.7 Å². The van der Waals surface area contributed by atoms with Crippen LogP contribution in [0.2, 0.25) is 5.02 Å². The second-order valence-electron chi connectivity index (χ2n) is 4.78. The van der Waals surface area contributed by atoms with Crippen LogP contribution in [0.1, 0.15) is 18.4 Å². The fourth-order valence-electron chi connectivity index (χ4n) is 2.34. The van der Waals surface area contributed by atoms with Crippen LogP contribution < -0.4 is 15.8 Å². The summed E-state index contributed by atoms with van der Waals surface area (Å²) in [5.74, 6) is 1.55. The van der Waals surface area contributed by atoms with Gasteiger partial charge in [-0.05, 0) is 43.4 Å². The Hall–Kier alpha value is -0.930. The van der Waals surface area contributed by atoms with Gasteiger partial charge in [-0.25, -0.2) is 0 Å². The fraction of sp³-hybridized carbons (Fsp3) is 0.538. The third-order valence-electron chi connectivity index (χ3n) is 3.30. The van der Waals surface area contributed by atoms with Gasteiger partial charge < -0.3 is 15.8 Å². The number of nitrogens with two attached hydrogens (primary N) is 1. The van der Waals surface area contributed by atoms with E-state index in [2.05, 4.69) is 5.32 Å². The van der Waals surface area contributed by atoms with Gasteiger partial charge >= 0.3 is 0 Å². The number of methoxy groups -OCH3 is 1. The largest absolute Gasteiger partial charge is 0.494 e. The van der Waals surface area contributed by atoms with Gasteiger partial charge in [-0.3, -0.25) is 0 Å². The van der Waals surface area contributed by atoms with Crippen molar-refractivity contribution in [2.24, 2.45) is 11.7 Å². The van der Waals surface area contributed by atoms with E-state index in [1.54, 1.807) is 7.11 Å². The molecule has 0 aliphatic heterocycles. The van der Waals surface area contributed by atoms with Gasteiger partial charge in [-0.15, -0.1) is 0 Å². The molecule has 0 spiro atoms. The normalized spacial score (nSPS) is 23.1. The molecular weight excluding hydrogens is 236 g/mol. The number of hydrogen-bond donors (Lipinski definition) is 2. The molecule has 1 aliphatic carbocycles. The molecule has 4 heteroatoms. The lowest BCUT2D eigenvalue weighted by atomic mass is 9.81. The van der Waals surface area contributed by atoms with Crippen LogP contribution in [0.5, 0.6) is 5.75 Å². The number of hydrogen-bond acceptors (Lipinski definition) is 3. The van der Waals surface area contributed by atoms with Crippen molar-refractivity contribution >= 4 is 17.3 Å². The third-order valence-corrected chi connectivity index (χ3v) is 3.52. The Bertz CT molecular complexity index is 403. The van der Waals surface area contributed by atoms with Crippen molar-refractivity contribution in [2.75, 3.05) is 19.0 Å². The summed E-state index contributed by atoms with van der Waals surface area (Å²) in [4.78, 5) is 0. The molecule has 0 bridgehead atoms. The second-order valence-corrected chi connectivity index (χ2v) is 5.22. The monoisotopic (exact) mass is 254 g/mol. The van der Waals surface area contributed by atoms with Gasteiger partial charge in [0.2, 0.25) is 0 Å². The van der Waals surface area contributed by atoms with Crippen LogP contribution in [0.15, 0.2) is 12.1 Å². The van der Waals surface area contributed by atoms with Crippen LogP contribution in [0, 0.1) is 12.8 Å². The molecule has 0 atom stereocenters. The summed E-state index contributed by atoms with van der Waals surface area (Å²) in [6.45, 7) is 2.93. The first-order valence-electron chi connectivity index (χ1n) is 5.93. The minimum Gasteiger partial charge on any atom is -0.494 e. The first-order chi connectivity index (χ1) is 8.10. The number of rotatable bonds is 4. The van der Waals surface area contributed by atoms with Crippen LogP contribution in [0.4, 0.5) is 5.69 Å². The Balaban J connectivity index is 2.03. The zero-order valence-electron chi connectivity index (χ0n) is 10.3. The van der Waals surface area contributed by atoms with E-state index in [0.717, 1.165) is 41.4 Å². The molecule has 1 aliphatic rings. The summed E-state index contributed by atoms with van der Waals surface area (Å²) in [5.41, 5.74) is 7.79. The molecule has 2 rings (SSSR count). The van der Waals surface area contributed by atoms with Crippen molar-refractivity contribution in [1.82, 2.24) is 0 Å². The Labute approximate surface area is 107 Å². The van der Waals surface area contributed by atoms with Gasteiger partial charge in [0.25, 0.3) is 0 Å². The SMILES string of the molecule is COc1c(C)cc(Cl)cc1NCC1CC(N)C1. The molecule has 1 aromatic carbocycles. The summed E-state index contributed by atoms with van der Waals surface area (Å²) in [6.07, 6.45) is 2.21. The predicted molar refractivity (Wildman–Crippen MR) is 71.9 cm³/mol. The summed E-state index contributed by atoms with van der Waals surface area (Å²) >= 11 is 6.05. The molecule has 0 saturated heterocycles. The smallest absolute Gasteiger partial charge is 0.144 e. The van der Waals surface area contributed by atoms with Crippen molar-refractivity contribution in [3.63, 3.8) is 0 Å². The molecule has 1 saturated carbocycles. The minimum absolute atomic E-state index is 0.393. The van der Waals surface area contributed by atoms with Gasteiger partial charge in [0.15, 0.2) is 0 Å². The van der Waals surface area contributed by atoms with Crippen molar-refractivity contribution in [3.8, 4) is 5.75 Å². The van der Waals surface area contributed by atoms with E-state index < -0.39 is 0 Å². The zero-order chi connectivity index (χ0) is 12.4. The number of ether oxygens (including phenoxy) is 1. The highest BCUT2D eigenvalue weighted by molar-refractivity contribution is 6.31. The molecule has 3 nitrogen and oxygen atoms in total. The molecule has 0 radical (unpaired) electrons. The van der Waals surface area contributed by atoms with E-state index in [9.17, 15) is 0 Å². The molecule has 17 heavy (non-hydrogen) atoms. The van der Waals surface area contributed by atoms with E-state index in [-0.39, 0.29) is 0 Å². The topological polar surface area (TPSA) is 47.3 Å². The molecule has 94 valence electrons. The first kappa shape index (κ1) is 12.5. The van der Waals surface area contributed by atoms with Gasteiger partial charge in [-0.2, -0.15) is 0 Å². The molecule has 1 aromatic rings. The Morgan fingerprint density at radius 2 is 2.18 bits per heavy atom. The lowest BCUT2D eigenvalue weighted by Gasteiger charge is -2.33. The molecule has 0 unspecified atom stereocenters. The summed E-state index contributed by atoms with van der Waals surface area (Å²) < 4.78 is 5.39. The Morgan fingerprint density at radius 1 is 1.47 bits per heavy atom.